The van der Waals surface area contributed by atoms with E-state index in [1.807, 2.05) is 0 Å². The molecule has 0 aromatic carbocycles. The van der Waals surface area contributed by atoms with Gasteiger partial charge in [0.15, 0.2) is 6.29 Å². The normalized spacial score (nSPS) is 44.4. The molecule has 144 valence electrons. The molecule has 0 radical (unpaired) electrons. The molecule has 2 N–H and O–H groups in total. The van der Waals surface area contributed by atoms with Gasteiger partial charge >= 0.3 is 0 Å². The number of hydrogen-bond donors (Lipinski definition) is 2. The van der Waals surface area contributed by atoms with E-state index in [4.69, 9.17) is 9.47 Å². The van der Waals surface area contributed by atoms with Crippen molar-refractivity contribution in [1.29, 1.82) is 0 Å². The monoisotopic (exact) mass is 352 g/mol. The molecule has 6 atom stereocenters. The second-order valence-corrected chi connectivity index (χ2v) is 8.92. The zero-order valence-corrected chi connectivity index (χ0v) is 16.2. The van der Waals surface area contributed by atoms with Gasteiger partial charge in [0.2, 0.25) is 0 Å². The largest absolute Gasteiger partial charge is 0.395 e. The molecule has 25 heavy (non-hydrogen) atoms. The van der Waals surface area contributed by atoms with Gasteiger partial charge in [0.25, 0.3) is 0 Å². The minimum atomic E-state index is -0.199. The second kappa shape index (κ2) is 7.67. The second-order valence-electron chi connectivity index (χ2n) is 8.92. The highest BCUT2D eigenvalue weighted by molar-refractivity contribution is 5.24. The molecule has 1 aliphatic heterocycles. The molecule has 0 amide bonds. The lowest BCUT2D eigenvalue weighted by Crippen LogP contribution is -2.53. The Morgan fingerprint density at radius 2 is 2.12 bits per heavy atom. The topological polar surface area (TPSA) is 58.9 Å². The first-order valence-electron chi connectivity index (χ1n) is 10.1. The summed E-state index contributed by atoms with van der Waals surface area (Å²) in [6.45, 7) is 5.90. The first kappa shape index (κ1) is 19.3. The van der Waals surface area contributed by atoms with E-state index in [-0.39, 0.29) is 30.3 Å². The van der Waals surface area contributed by atoms with E-state index >= 15 is 0 Å². The van der Waals surface area contributed by atoms with Crippen LogP contribution in [0.4, 0.5) is 0 Å². The van der Waals surface area contributed by atoms with E-state index in [2.05, 4.69) is 19.9 Å². The molecular formula is C21H36O4. The highest BCUT2D eigenvalue weighted by Crippen LogP contribution is 2.62. The molecule has 6 unspecified atom stereocenters. The van der Waals surface area contributed by atoms with Crippen molar-refractivity contribution >= 4 is 0 Å². The molecule has 4 nitrogen and oxygen atoms in total. The van der Waals surface area contributed by atoms with Crippen LogP contribution in [0.15, 0.2) is 11.6 Å². The van der Waals surface area contributed by atoms with Gasteiger partial charge in [-0.15, -0.1) is 0 Å². The van der Waals surface area contributed by atoms with Gasteiger partial charge in [-0.3, -0.25) is 0 Å². The SMILES string of the molecule is COC1CC(CCC2(C)C(C)CCC3(CO)C(CO)=CCCC32)CO1. The van der Waals surface area contributed by atoms with Gasteiger partial charge in [0.05, 0.1) is 19.8 Å². The summed E-state index contributed by atoms with van der Waals surface area (Å²) in [7, 11) is 1.72. The highest BCUT2D eigenvalue weighted by Gasteiger charge is 2.55. The maximum absolute atomic E-state index is 10.4. The fourth-order valence-electron chi connectivity index (χ4n) is 6.04. The molecule has 1 saturated carbocycles. The standard InChI is InChI=1S/C21H36O4/c1-15-7-10-21(14-23)17(12-22)5-4-6-18(21)20(15,2)9-8-16-11-19(24-3)25-13-16/h5,15-16,18-19,22-23H,4,6-14H2,1-3H3. The Labute approximate surface area is 152 Å². The van der Waals surface area contributed by atoms with E-state index in [0.717, 1.165) is 50.7 Å². The molecule has 0 aromatic heterocycles. The Morgan fingerprint density at radius 3 is 2.76 bits per heavy atom. The van der Waals surface area contributed by atoms with E-state index in [9.17, 15) is 10.2 Å². The fraction of sp³-hybridized carbons (Fsp3) is 0.905. The van der Waals surface area contributed by atoms with Crippen LogP contribution in [0.1, 0.15) is 58.8 Å². The molecule has 2 fully saturated rings. The third-order valence-electron chi connectivity index (χ3n) is 7.95. The number of hydrogen-bond acceptors (Lipinski definition) is 4. The van der Waals surface area contributed by atoms with Crippen molar-refractivity contribution in [2.75, 3.05) is 26.9 Å². The van der Waals surface area contributed by atoms with Crippen LogP contribution in [0.5, 0.6) is 0 Å². The minimum Gasteiger partial charge on any atom is -0.395 e. The van der Waals surface area contributed by atoms with Crippen LogP contribution >= 0.6 is 0 Å². The van der Waals surface area contributed by atoms with Gasteiger partial charge in [0, 0.05) is 18.9 Å². The lowest BCUT2D eigenvalue weighted by molar-refractivity contribution is -0.0885. The van der Waals surface area contributed by atoms with Crippen LogP contribution in [0.3, 0.4) is 0 Å². The van der Waals surface area contributed by atoms with Crippen molar-refractivity contribution in [1.82, 2.24) is 0 Å². The number of aliphatic hydroxyl groups is 2. The van der Waals surface area contributed by atoms with Crippen molar-refractivity contribution in [2.45, 2.75) is 65.1 Å². The van der Waals surface area contributed by atoms with E-state index in [1.54, 1.807) is 7.11 Å². The molecule has 0 bridgehead atoms. The molecule has 0 aromatic rings. The summed E-state index contributed by atoms with van der Waals surface area (Å²) in [5.41, 5.74) is 1.10. The predicted octanol–water partition coefficient (Wildman–Crippen LogP) is 3.52. The minimum absolute atomic E-state index is 0.0308. The van der Waals surface area contributed by atoms with Crippen LogP contribution in [-0.4, -0.2) is 43.4 Å². The molecule has 2 aliphatic carbocycles. The number of aliphatic hydroxyl groups excluding tert-OH is 2. The molecule has 0 spiro atoms. The predicted molar refractivity (Wildman–Crippen MR) is 98.0 cm³/mol. The smallest absolute Gasteiger partial charge is 0.157 e. The molecule has 3 rings (SSSR count). The zero-order chi connectivity index (χ0) is 18.1. The Balaban J connectivity index is 1.77. The molecule has 3 aliphatic rings. The first-order chi connectivity index (χ1) is 12.0. The zero-order valence-electron chi connectivity index (χ0n) is 16.2. The summed E-state index contributed by atoms with van der Waals surface area (Å²) in [6, 6.07) is 0. The molecule has 1 saturated heterocycles. The van der Waals surface area contributed by atoms with Crippen molar-refractivity contribution < 1.29 is 19.7 Å². The molecular weight excluding hydrogens is 316 g/mol. The van der Waals surface area contributed by atoms with Gasteiger partial charge in [-0.25, -0.2) is 0 Å². The van der Waals surface area contributed by atoms with Gasteiger partial charge in [0.1, 0.15) is 0 Å². The quantitative estimate of drug-likeness (QED) is 0.718. The molecule has 4 heteroatoms. The van der Waals surface area contributed by atoms with Crippen LogP contribution in [0.2, 0.25) is 0 Å². The highest BCUT2D eigenvalue weighted by atomic mass is 16.7. The summed E-state index contributed by atoms with van der Waals surface area (Å²) >= 11 is 0. The Bertz CT molecular complexity index is 490. The van der Waals surface area contributed by atoms with E-state index < -0.39 is 0 Å². The number of methoxy groups -OCH3 is 1. The van der Waals surface area contributed by atoms with Crippen molar-refractivity contribution in [3.05, 3.63) is 11.6 Å². The summed E-state index contributed by atoms with van der Waals surface area (Å²) in [6.07, 6.45) is 9.80. The Kier molecular flexibility index (Phi) is 5.94. The van der Waals surface area contributed by atoms with Gasteiger partial charge in [-0.05, 0) is 67.3 Å². The van der Waals surface area contributed by atoms with E-state index in [0.29, 0.717) is 17.8 Å². The average Bonchev–Trinajstić information content (AvgIpc) is 3.11. The van der Waals surface area contributed by atoms with Gasteiger partial charge < -0.3 is 19.7 Å². The fourth-order valence-corrected chi connectivity index (χ4v) is 6.04. The Morgan fingerprint density at radius 1 is 1.32 bits per heavy atom. The Hall–Kier alpha value is -0.420. The third kappa shape index (κ3) is 3.31. The first-order valence-corrected chi connectivity index (χ1v) is 10.1. The molecule has 1 heterocycles. The summed E-state index contributed by atoms with van der Waals surface area (Å²) in [5.74, 6) is 1.69. The van der Waals surface area contributed by atoms with Crippen LogP contribution < -0.4 is 0 Å². The van der Waals surface area contributed by atoms with Gasteiger partial charge in [-0.2, -0.15) is 0 Å². The number of fused-ring (bicyclic) bond motifs is 1. The van der Waals surface area contributed by atoms with Crippen molar-refractivity contribution in [3.8, 4) is 0 Å². The van der Waals surface area contributed by atoms with Crippen LogP contribution in [0.25, 0.3) is 0 Å². The van der Waals surface area contributed by atoms with Crippen LogP contribution in [-0.2, 0) is 9.47 Å². The van der Waals surface area contributed by atoms with Crippen molar-refractivity contribution in [2.24, 2.45) is 28.6 Å². The number of allylic oxidation sites excluding steroid dienone is 1. The van der Waals surface area contributed by atoms with Gasteiger partial charge in [-0.1, -0.05) is 19.9 Å². The summed E-state index contributed by atoms with van der Waals surface area (Å²) in [4.78, 5) is 0. The number of rotatable bonds is 6. The lowest BCUT2D eigenvalue weighted by Gasteiger charge is -2.59. The summed E-state index contributed by atoms with van der Waals surface area (Å²) < 4.78 is 11.0. The third-order valence-corrected chi connectivity index (χ3v) is 7.95. The van der Waals surface area contributed by atoms with E-state index in [1.165, 1.54) is 6.42 Å². The van der Waals surface area contributed by atoms with Crippen LogP contribution in [0, 0.1) is 28.6 Å². The lowest BCUT2D eigenvalue weighted by atomic mass is 9.46. The number of ether oxygens (including phenoxy) is 2. The maximum atomic E-state index is 10.4. The maximum Gasteiger partial charge on any atom is 0.157 e. The summed E-state index contributed by atoms with van der Waals surface area (Å²) in [5, 5.41) is 20.3. The van der Waals surface area contributed by atoms with Crippen molar-refractivity contribution in [3.63, 3.8) is 0 Å². The average molecular weight is 353 g/mol.